The molecule has 1 aliphatic heterocycles. The van der Waals surface area contributed by atoms with Gasteiger partial charge in [0.2, 0.25) is 0 Å². The van der Waals surface area contributed by atoms with Gasteiger partial charge in [-0.3, -0.25) is 4.79 Å². The summed E-state index contributed by atoms with van der Waals surface area (Å²) in [6, 6.07) is 3.40. The Morgan fingerprint density at radius 2 is 2.04 bits per heavy atom. The molecule has 0 atom stereocenters. The van der Waals surface area contributed by atoms with Crippen molar-refractivity contribution in [3.05, 3.63) is 17.8 Å². The van der Waals surface area contributed by atoms with Gasteiger partial charge in [-0.15, -0.1) is 10.2 Å². The first-order valence-corrected chi connectivity index (χ1v) is 8.93. The van der Waals surface area contributed by atoms with E-state index in [0.717, 1.165) is 13.0 Å². The van der Waals surface area contributed by atoms with Crippen LogP contribution in [0.1, 0.15) is 36.7 Å². The highest BCUT2D eigenvalue weighted by molar-refractivity contribution is 5.92. The Morgan fingerprint density at radius 3 is 2.65 bits per heavy atom. The van der Waals surface area contributed by atoms with Crippen LogP contribution in [0.2, 0.25) is 0 Å². The van der Waals surface area contributed by atoms with Crippen LogP contribution < -0.4 is 10.6 Å². The summed E-state index contributed by atoms with van der Waals surface area (Å²) in [5.74, 6) is 0.374. The first-order chi connectivity index (χ1) is 12.6. The summed E-state index contributed by atoms with van der Waals surface area (Å²) in [5, 5.41) is 14.1. The van der Waals surface area contributed by atoms with Gasteiger partial charge >= 0.3 is 6.09 Å². The molecule has 1 saturated heterocycles. The molecule has 9 heteroatoms. The van der Waals surface area contributed by atoms with Gasteiger partial charge in [-0.05, 0) is 38.3 Å². The Hall–Kier alpha value is -2.42. The van der Waals surface area contributed by atoms with Crippen LogP contribution in [0.5, 0.6) is 0 Å². The average molecular weight is 365 g/mol. The van der Waals surface area contributed by atoms with E-state index in [1.165, 1.54) is 0 Å². The first kappa shape index (κ1) is 19.9. The number of nitrogens with zero attached hydrogens (tertiary/aromatic N) is 3. The Morgan fingerprint density at radius 1 is 1.27 bits per heavy atom. The number of amides is 2. The minimum Gasteiger partial charge on any atom is -0.450 e. The zero-order chi connectivity index (χ0) is 18.8. The molecule has 2 amide bonds. The number of hydrogen-bond acceptors (Lipinski definition) is 7. The van der Waals surface area contributed by atoms with Gasteiger partial charge in [-0.25, -0.2) is 4.79 Å². The number of carbonyl (C=O) groups excluding carboxylic acids is 2. The Kier molecular flexibility index (Phi) is 8.07. The molecule has 2 N–H and O–H groups in total. The fourth-order valence-electron chi connectivity index (χ4n) is 2.66. The maximum absolute atomic E-state index is 12.3. The molecule has 2 rings (SSSR count). The fourth-order valence-corrected chi connectivity index (χ4v) is 2.66. The third-order valence-corrected chi connectivity index (χ3v) is 4.08. The van der Waals surface area contributed by atoms with E-state index in [9.17, 15) is 9.59 Å². The van der Waals surface area contributed by atoms with E-state index in [0.29, 0.717) is 45.0 Å². The average Bonchev–Trinajstić information content (AvgIpc) is 2.66. The molecular weight excluding hydrogens is 338 g/mol. The second-order valence-electron chi connectivity index (χ2n) is 6.01. The maximum Gasteiger partial charge on any atom is 0.409 e. The van der Waals surface area contributed by atoms with Gasteiger partial charge in [0, 0.05) is 39.4 Å². The molecule has 1 aromatic heterocycles. The highest BCUT2D eigenvalue weighted by Gasteiger charge is 2.25. The van der Waals surface area contributed by atoms with Crippen molar-refractivity contribution >= 4 is 17.8 Å². The van der Waals surface area contributed by atoms with Crippen molar-refractivity contribution in [1.29, 1.82) is 0 Å². The molecule has 0 saturated carbocycles. The molecule has 1 fully saturated rings. The number of nitrogens with one attached hydrogen (secondary N) is 2. The van der Waals surface area contributed by atoms with Crippen molar-refractivity contribution in [3.63, 3.8) is 0 Å². The lowest BCUT2D eigenvalue weighted by atomic mass is 10.1. The van der Waals surface area contributed by atoms with Crippen LogP contribution in [0.3, 0.4) is 0 Å². The van der Waals surface area contributed by atoms with E-state index < -0.39 is 0 Å². The predicted molar refractivity (Wildman–Crippen MR) is 96.1 cm³/mol. The van der Waals surface area contributed by atoms with Crippen molar-refractivity contribution in [1.82, 2.24) is 20.4 Å². The second-order valence-corrected chi connectivity index (χ2v) is 6.01. The standard InChI is InChI=1S/C17H27N5O4/c1-3-26-17(24)22-10-7-13(8-11-22)19-16(23)14-5-6-15(21-20-14)18-9-4-12-25-2/h5-6,13H,3-4,7-12H2,1-2H3,(H,18,21)(H,19,23). The van der Waals surface area contributed by atoms with Gasteiger partial charge in [0.15, 0.2) is 5.69 Å². The second kappa shape index (κ2) is 10.5. The lowest BCUT2D eigenvalue weighted by Crippen LogP contribution is -2.46. The largest absolute Gasteiger partial charge is 0.450 e. The van der Waals surface area contributed by atoms with Crippen LogP contribution in [0.4, 0.5) is 10.6 Å². The van der Waals surface area contributed by atoms with Crippen molar-refractivity contribution in [2.24, 2.45) is 0 Å². The van der Waals surface area contributed by atoms with Crippen molar-refractivity contribution in [2.75, 3.05) is 45.3 Å². The molecule has 0 aromatic carbocycles. The summed E-state index contributed by atoms with van der Waals surface area (Å²) >= 11 is 0. The summed E-state index contributed by atoms with van der Waals surface area (Å²) in [6.07, 6.45) is 1.95. The van der Waals surface area contributed by atoms with Crippen molar-refractivity contribution in [2.45, 2.75) is 32.2 Å². The van der Waals surface area contributed by atoms with E-state index in [-0.39, 0.29) is 23.7 Å². The number of hydrogen-bond donors (Lipinski definition) is 2. The number of aromatic nitrogens is 2. The molecule has 0 unspecified atom stereocenters. The first-order valence-electron chi connectivity index (χ1n) is 8.93. The summed E-state index contributed by atoms with van der Waals surface area (Å²) < 4.78 is 9.96. The van der Waals surface area contributed by atoms with Gasteiger partial charge in [-0.2, -0.15) is 0 Å². The zero-order valence-electron chi connectivity index (χ0n) is 15.4. The van der Waals surface area contributed by atoms with Crippen LogP contribution in [0.15, 0.2) is 12.1 Å². The number of likely N-dealkylation sites (tertiary alicyclic amines) is 1. The number of ether oxygens (including phenoxy) is 2. The topological polar surface area (TPSA) is 106 Å². The van der Waals surface area contributed by atoms with Crippen LogP contribution in [0.25, 0.3) is 0 Å². The lowest BCUT2D eigenvalue weighted by molar-refractivity contribution is 0.0856. The van der Waals surface area contributed by atoms with E-state index in [1.807, 2.05) is 0 Å². The number of methoxy groups -OCH3 is 1. The van der Waals surface area contributed by atoms with Crippen molar-refractivity contribution < 1.29 is 19.1 Å². The van der Waals surface area contributed by atoms with E-state index in [1.54, 1.807) is 31.1 Å². The summed E-state index contributed by atoms with van der Waals surface area (Å²) in [7, 11) is 1.66. The van der Waals surface area contributed by atoms with Gasteiger partial charge in [0.05, 0.1) is 6.61 Å². The van der Waals surface area contributed by atoms with Gasteiger partial charge in [0.1, 0.15) is 5.82 Å². The Balaban J connectivity index is 1.75. The Labute approximate surface area is 153 Å². The summed E-state index contributed by atoms with van der Waals surface area (Å²) in [6.45, 7) is 4.69. The third kappa shape index (κ3) is 6.14. The number of anilines is 1. The van der Waals surface area contributed by atoms with Crippen LogP contribution in [0, 0.1) is 0 Å². The number of rotatable bonds is 8. The maximum atomic E-state index is 12.3. The minimum atomic E-state index is -0.295. The predicted octanol–water partition coefficient (Wildman–Crippen LogP) is 1.28. The van der Waals surface area contributed by atoms with Crippen LogP contribution in [-0.4, -0.2) is 73.1 Å². The minimum absolute atomic E-state index is 0.0156. The molecule has 0 aliphatic carbocycles. The molecule has 1 aliphatic rings. The molecule has 0 spiro atoms. The number of carbonyl (C=O) groups is 2. The SMILES string of the molecule is CCOC(=O)N1CCC(NC(=O)c2ccc(NCCCOC)nn2)CC1. The molecular formula is C17H27N5O4. The van der Waals surface area contributed by atoms with Crippen molar-refractivity contribution in [3.8, 4) is 0 Å². The van der Waals surface area contributed by atoms with Gasteiger partial charge < -0.3 is 25.0 Å². The quantitative estimate of drug-likeness (QED) is 0.668. The molecule has 2 heterocycles. The highest BCUT2D eigenvalue weighted by Crippen LogP contribution is 2.12. The molecule has 0 bridgehead atoms. The molecule has 144 valence electrons. The molecule has 26 heavy (non-hydrogen) atoms. The van der Waals surface area contributed by atoms with Crippen LogP contribution >= 0.6 is 0 Å². The molecule has 9 nitrogen and oxygen atoms in total. The van der Waals surface area contributed by atoms with E-state index in [2.05, 4.69) is 20.8 Å². The van der Waals surface area contributed by atoms with Gasteiger partial charge in [0.25, 0.3) is 5.91 Å². The summed E-state index contributed by atoms with van der Waals surface area (Å²) in [5.41, 5.74) is 0.278. The van der Waals surface area contributed by atoms with Gasteiger partial charge in [-0.1, -0.05) is 0 Å². The Bertz CT molecular complexity index is 573. The monoisotopic (exact) mass is 365 g/mol. The van der Waals surface area contributed by atoms with Crippen LogP contribution in [-0.2, 0) is 9.47 Å². The smallest absolute Gasteiger partial charge is 0.409 e. The van der Waals surface area contributed by atoms with E-state index >= 15 is 0 Å². The normalized spacial score (nSPS) is 14.8. The van der Waals surface area contributed by atoms with E-state index in [4.69, 9.17) is 9.47 Å². The highest BCUT2D eigenvalue weighted by atomic mass is 16.6. The lowest BCUT2D eigenvalue weighted by Gasteiger charge is -2.31. The fraction of sp³-hybridized carbons (Fsp3) is 0.647. The molecule has 1 aromatic rings. The number of piperidine rings is 1. The zero-order valence-corrected chi connectivity index (χ0v) is 15.4. The molecule has 0 radical (unpaired) electrons. The third-order valence-electron chi connectivity index (χ3n) is 4.08. The summed E-state index contributed by atoms with van der Waals surface area (Å²) in [4.78, 5) is 25.6.